The largest absolute Gasteiger partial charge is 0.489 e. The summed E-state index contributed by atoms with van der Waals surface area (Å²) in [5.74, 6) is -1.30. The topological polar surface area (TPSA) is 29.5 Å². The van der Waals surface area contributed by atoms with E-state index < -0.39 is 33.4 Å². The monoisotopic (exact) mass is 425 g/mol. The van der Waals surface area contributed by atoms with Crippen LogP contribution in [0.4, 0.5) is 8.78 Å². The van der Waals surface area contributed by atoms with E-state index in [9.17, 15) is 13.0 Å². The average molecular weight is 426 g/mol. The predicted molar refractivity (Wildman–Crippen MR) is 109 cm³/mol. The highest BCUT2D eigenvalue weighted by Gasteiger charge is 2.42. The normalized spacial score (nSPS) is 18.0. The molecule has 2 aromatic rings. The molecular weight excluding hydrogens is 404 g/mol. The molecule has 0 radical (unpaired) electrons. The first-order valence-electron chi connectivity index (χ1n) is 8.83. The highest BCUT2D eigenvalue weighted by molar-refractivity contribution is 7.84. The Morgan fingerprint density at radius 2 is 2.00 bits per heavy atom. The second-order valence-corrected chi connectivity index (χ2v) is 10.2. The van der Waals surface area contributed by atoms with Crippen molar-refractivity contribution in [3.05, 3.63) is 76.3 Å². The van der Waals surface area contributed by atoms with Crippen LogP contribution in [0.3, 0.4) is 0 Å². The minimum Gasteiger partial charge on any atom is -0.489 e. The van der Waals surface area contributed by atoms with E-state index in [2.05, 4.69) is 6.58 Å². The number of hydrogen-bond donors (Lipinski definition) is 0. The molecule has 0 amide bonds. The first-order chi connectivity index (χ1) is 13.1. The van der Waals surface area contributed by atoms with Crippen molar-refractivity contribution in [2.24, 2.45) is 0 Å². The Balaban J connectivity index is 2.21. The summed E-state index contributed by atoms with van der Waals surface area (Å²) < 4.78 is 48.5. The minimum absolute atomic E-state index is 0.0287. The third kappa shape index (κ3) is 3.86. The third-order valence-corrected chi connectivity index (χ3v) is 6.54. The average Bonchev–Trinajstić information content (AvgIpc) is 3.02. The predicted octanol–water partition coefficient (Wildman–Crippen LogP) is 5.55. The summed E-state index contributed by atoms with van der Waals surface area (Å²) >= 11 is 6.23. The van der Waals surface area contributed by atoms with Crippen LogP contribution < -0.4 is 4.74 Å². The Morgan fingerprint density at radius 1 is 1.29 bits per heavy atom. The molecule has 0 saturated carbocycles. The lowest BCUT2D eigenvalue weighted by molar-refractivity contribution is 0.342. The molecule has 0 bridgehead atoms. The van der Waals surface area contributed by atoms with Gasteiger partial charge in [0.25, 0.3) is 0 Å². The van der Waals surface area contributed by atoms with Crippen molar-refractivity contribution >= 4 is 22.6 Å². The van der Waals surface area contributed by atoms with Crippen molar-refractivity contribution in [1.82, 2.24) is 4.31 Å². The lowest BCUT2D eigenvalue weighted by Crippen LogP contribution is -2.37. The minimum atomic E-state index is -1.48. The molecule has 0 spiro atoms. The van der Waals surface area contributed by atoms with Crippen molar-refractivity contribution < 1.29 is 17.7 Å². The van der Waals surface area contributed by atoms with E-state index in [0.29, 0.717) is 21.9 Å². The zero-order valence-corrected chi connectivity index (χ0v) is 17.5. The summed E-state index contributed by atoms with van der Waals surface area (Å²) in [7, 11) is -1.48. The fourth-order valence-electron chi connectivity index (χ4n) is 3.27. The van der Waals surface area contributed by atoms with E-state index in [1.165, 1.54) is 6.07 Å². The van der Waals surface area contributed by atoms with Crippen LogP contribution in [0, 0.1) is 11.6 Å². The summed E-state index contributed by atoms with van der Waals surface area (Å²) in [5.41, 5.74) is 1.41. The van der Waals surface area contributed by atoms with Crippen LogP contribution in [0.1, 0.15) is 43.5 Å². The van der Waals surface area contributed by atoms with Gasteiger partial charge in [0.2, 0.25) is 0 Å². The number of benzene rings is 2. The van der Waals surface area contributed by atoms with Gasteiger partial charge in [-0.15, -0.1) is 0 Å². The Kier molecular flexibility index (Phi) is 5.94. The van der Waals surface area contributed by atoms with Gasteiger partial charge in [-0.05, 0) is 50.6 Å². The Bertz CT molecular complexity index is 943. The van der Waals surface area contributed by atoms with Gasteiger partial charge < -0.3 is 4.74 Å². The maximum absolute atomic E-state index is 14.5. The van der Waals surface area contributed by atoms with E-state index in [1.54, 1.807) is 28.6 Å². The molecule has 2 atom stereocenters. The molecule has 1 aliphatic heterocycles. The van der Waals surface area contributed by atoms with E-state index >= 15 is 0 Å². The SMILES string of the molecule is C=CCOc1ccc(Cl)cc1C1c2ccc(F)c(F)c2CN1S(=O)C(C)(C)C. The van der Waals surface area contributed by atoms with Crippen molar-refractivity contribution in [2.45, 2.75) is 38.1 Å². The van der Waals surface area contributed by atoms with Crippen LogP contribution in [0.15, 0.2) is 43.0 Å². The number of nitrogens with zero attached hydrogens (tertiary/aromatic N) is 1. The van der Waals surface area contributed by atoms with Crippen LogP contribution >= 0.6 is 11.6 Å². The van der Waals surface area contributed by atoms with Gasteiger partial charge in [-0.3, -0.25) is 0 Å². The zero-order valence-electron chi connectivity index (χ0n) is 16.0. The number of rotatable bonds is 5. The fourth-order valence-corrected chi connectivity index (χ4v) is 4.82. The van der Waals surface area contributed by atoms with Crippen molar-refractivity contribution in [3.8, 4) is 5.75 Å². The molecule has 0 fully saturated rings. The first kappa shape index (κ1) is 21.0. The van der Waals surface area contributed by atoms with Crippen LogP contribution in [-0.2, 0) is 17.5 Å². The quantitative estimate of drug-likeness (QED) is 0.588. The maximum atomic E-state index is 14.5. The van der Waals surface area contributed by atoms with Gasteiger partial charge in [0.05, 0.1) is 10.8 Å². The molecule has 0 aromatic heterocycles. The summed E-state index contributed by atoms with van der Waals surface area (Å²) in [6.45, 7) is 9.47. The molecule has 1 aliphatic rings. The molecule has 2 unspecified atom stereocenters. The van der Waals surface area contributed by atoms with Crippen molar-refractivity contribution in [3.63, 3.8) is 0 Å². The first-order valence-corrected chi connectivity index (χ1v) is 10.3. The smallest absolute Gasteiger partial charge is 0.163 e. The molecule has 0 N–H and O–H groups in total. The highest BCUT2D eigenvalue weighted by atomic mass is 35.5. The molecule has 28 heavy (non-hydrogen) atoms. The second kappa shape index (κ2) is 7.93. The van der Waals surface area contributed by atoms with E-state index in [0.717, 1.165) is 6.07 Å². The molecule has 1 heterocycles. The zero-order chi connectivity index (χ0) is 20.6. The van der Waals surface area contributed by atoms with Crippen LogP contribution in [0.2, 0.25) is 5.02 Å². The van der Waals surface area contributed by atoms with Crippen LogP contribution in [-0.4, -0.2) is 19.9 Å². The molecule has 0 saturated heterocycles. The Morgan fingerprint density at radius 3 is 2.64 bits per heavy atom. The van der Waals surface area contributed by atoms with Gasteiger partial charge in [0.1, 0.15) is 23.3 Å². The summed E-state index contributed by atoms with van der Waals surface area (Å²) in [6, 6.07) is 7.18. The van der Waals surface area contributed by atoms with E-state index in [-0.39, 0.29) is 18.7 Å². The van der Waals surface area contributed by atoms with Crippen LogP contribution in [0.25, 0.3) is 0 Å². The van der Waals surface area contributed by atoms with Gasteiger partial charge >= 0.3 is 0 Å². The molecule has 3 nitrogen and oxygen atoms in total. The molecule has 7 heteroatoms. The van der Waals surface area contributed by atoms with Crippen molar-refractivity contribution in [2.75, 3.05) is 6.61 Å². The molecule has 3 rings (SSSR count). The number of hydrogen-bond acceptors (Lipinski definition) is 2. The second-order valence-electron chi connectivity index (χ2n) is 7.55. The van der Waals surface area contributed by atoms with E-state index in [4.69, 9.17) is 16.3 Å². The maximum Gasteiger partial charge on any atom is 0.163 e. The van der Waals surface area contributed by atoms with E-state index in [1.807, 2.05) is 20.8 Å². The van der Waals surface area contributed by atoms with Gasteiger partial charge in [-0.25, -0.2) is 17.3 Å². The number of ether oxygens (including phenoxy) is 1. The number of fused-ring (bicyclic) bond motifs is 1. The molecule has 2 aromatic carbocycles. The lowest BCUT2D eigenvalue weighted by atomic mass is 9.97. The van der Waals surface area contributed by atoms with Gasteiger partial charge in [-0.1, -0.05) is 30.3 Å². The molecule has 0 aliphatic carbocycles. The van der Waals surface area contributed by atoms with Crippen molar-refractivity contribution in [1.29, 1.82) is 0 Å². The highest BCUT2D eigenvalue weighted by Crippen LogP contribution is 2.46. The van der Waals surface area contributed by atoms with Gasteiger partial charge in [-0.2, -0.15) is 0 Å². The van der Waals surface area contributed by atoms with Gasteiger partial charge in [0, 0.05) is 22.7 Å². The molecule has 150 valence electrons. The summed E-state index contributed by atoms with van der Waals surface area (Å²) in [4.78, 5) is 0. The Labute approximate surface area is 171 Å². The van der Waals surface area contributed by atoms with Gasteiger partial charge in [0.15, 0.2) is 11.6 Å². The molecular formula is C21H22ClF2NO2S. The third-order valence-electron chi connectivity index (χ3n) is 4.49. The summed E-state index contributed by atoms with van der Waals surface area (Å²) in [6.07, 6.45) is 1.61. The van der Waals surface area contributed by atoms with Crippen LogP contribution in [0.5, 0.6) is 5.75 Å². The fraction of sp³-hybridized carbons (Fsp3) is 0.333. The Hall–Kier alpha value is -1.76. The lowest BCUT2D eigenvalue weighted by Gasteiger charge is -2.31. The summed E-state index contributed by atoms with van der Waals surface area (Å²) in [5, 5.41) is 0.471. The number of halogens is 3. The standard InChI is InChI=1S/C21H22ClF2NO2S/c1-5-10-27-18-9-6-13(22)11-15(18)20-14-7-8-17(23)19(24)16(14)12-25(20)28(26)21(2,3)4/h5-9,11,20H,1,10,12H2,2-4H3.